The fourth-order valence-corrected chi connectivity index (χ4v) is 2.29. The highest BCUT2D eigenvalue weighted by molar-refractivity contribution is 6.34. The molecule has 0 aromatic rings. The number of aliphatic hydroxyl groups excluding tert-OH is 1. The van der Waals surface area contributed by atoms with Crippen LogP contribution in [0.1, 0.15) is 44.9 Å². The summed E-state index contributed by atoms with van der Waals surface area (Å²) in [7, 11) is 1.38. The van der Waals surface area contributed by atoms with E-state index in [4.69, 9.17) is 11.6 Å². The molecular weight excluding hydrogens is 256 g/mol. The quantitative estimate of drug-likeness (QED) is 0.572. The molecule has 0 radical (unpaired) electrons. The van der Waals surface area contributed by atoms with Crippen LogP contribution in [-0.4, -0.2) is 30.1 Å². The molecule has 0 saturated heterocycles. The van der Waals surface area contributed by atoms with Gasteiger partial charge in [-0.2, -0.15) is 0 Å². The Hall–Kier alpha value is -0.870. The summed E-state index contributed by atoms with van der Waals surface area (Å²) in [6, 6.07) is 0. The van der Waals surface area contributed by atoms with Gasteiger partial charge < -0.3 is 9.84 Å². The molecule has 102 valence electrons. The summed E-state index contributed by atoms with van der Waals surface area (Å²) >= 11 is 5.87. The number of allylic oxidation sites excluding steroid dienone is 1. The van der Waals surface area contributed by atoms with Crippen molar-refractivity contribution in [2.75, 3.05) is 7.11 Å². The molecular formula is C13H19ClO4. The van der Waals surface area contributed by atoms with Crippen LogP contribution in [0.4, 0.5) is 0 Å². The molecule has 0 aromatic heterocycles. The Morgan fingerprint density at radius 1 is 1.39 bits per heavy atom. The second-order valence-corrected chi connectivity index (χ2v) is 4.87. The highest BCUT2D eigenvalue weighted by atomic mass is 35.5. The van der Waals surface area contributed by atoms with Gasteiger partial charge in [-0.25, -0.2) is 0 Å². The molecule has 0 fully saturated rings. The smallest absolute Gasteiger partial charge is 0.305 e. The van der Waals surface area contributed by atoms with Gasteiger partial charge in [-0.15, -0.1) is 0 Å². The Kier molecular flexibility index (Phi) is 6.36. The average Bonchev–Trinajstić information content (AvgIpc) is 2.59. The van der Waals surface area contributed by atoms with Gasteiger partial charge >= 0.3 is 5.97 Å². The standard InChI is InChI=1S/C13H19ClO4/c1-18-12(17)7-5-3-2-4-6-9-10(15)8-11(16)13(9)14/h11,16H,2-8H2,1H3. The number of esters is 1. The van der Waals surface area contributed by atoms with Crippen molar-refractivity contribution >= 4 is 23.4 Å². The molecule has 0 saturated carbocycles. The van der Waals surface area contributed by atoms with E-state index >= 15 is 0 Å². The van der Waals surface area contributed by atoms with E-state index in [9.17, 15) is 14.7 Å². The predicted molar refractivity (Wildman–Crippen MR) is 68.2 cm³/mol. The van der Waals surface area contributed by atoms with Crippen LogP contribution in [0, 0.1) is 0 Å². The molecule has 1 aliphatic carbocycles. The second-order valence-electron chi connectivity index (χ2n) is 4.46. The Balaban J connectivity index is 2.15. The number of unbranched alkanes of at least 4 members (excludes halogenated alkanes) is 3. The minimum atomic E-state index is -0.798. The number of methoxy groups -OCH3 is 1. The maximum Gasteiger partial charge on any atom is 0.305 e. The van der Waals surface area contributed by atoms with E-state index in [0.717, 1.165) is 25.7 Å². The largest absolute Gasteiger partial charge is 0.469 e. The number of hydrogen-bond acceptors (Lipinski definition) is 4. The van der Waals surface area contributed by atoms with Crippen molar-refractivity contribution in [2.24, 2.45) is 0 Å². The van der Waals surface area contributed by atoms with Gasteiger partial charge in [0.05, 0.1) is 18.2 Å². The molecule has 1 unspecified atom stereocenters. The van der Waals surface area contributed by atoms with Gasteiger partial charge in [-0.05, 0) is 19.3 Å². The Morgan fingerprint density at radius 2 is 2.06 bits per heavy atom. The van der Waals surface area contributed by atoms with Crippen molar-refractivity contribution in [2.45, 2.75) is 51.0 Å². The number of aliphatic hydroxyl groups is 1. The molecule has 5 heteroatoms. The Labute approximate surface area is 112 Å². The minimum absolute atomic E-state index is 0.0398. The number of ketones is 1. The normalized spacial score (nSPS) is 19.5. The van der Waals surface area contributed by atoms with Crippen LogP contribution < -0.4 is 0 Å². The molecule has 0 heterocycles. The first-order chi connectivity index (χ1) is 8.56. The van der Waals surface area contributed by atoms with Crippen LogP contribution in [0.25, 0.3) is 0 Å². The van der Waals surface area contributed by atoms with E-state index in [2.05, 4.69) is 4.74 Å². The molecule has 1 rings (SSSR count). The number of carbonyl (C=O) groups is 2. The van der Waals surface area contributed by atoms with Crippen LogP contribution in [0.2, 0.25) is 0 Å². The lowest BCUT2D eigenvalue weighted by Gasteiger charge is -2.03. The molecule has 1 N–H and O–H groups in total. The molecule has 1 aliphatic rings. The van der Waals surface area contributed by atoms with Crippen LogP contribution >= 0.6 is 11.6 Å². The van der Waals surface area contributed by atoms with Gasteiger partial charge in [-0.1, -0.05) is 24.4 Å². The van der Waals surface area contributed by atoms with Crippen LogP contribution in [-0.2, 0) is 14.3 Å². The third-order valence-corrected chi connectivity index (χ3v) is 3.56. The average molecular weight is 275 g/mol. The summed E-state index contributed by atoms with van der Waals surface area (Å²) in [5.74, 6) is -0.225. The van der Waals surface area contributed by atoms with Crippen molar-refractivity contribution < 1.29 is 19.4 Å². The maximum absolute atomic E-state index is 11.5. The number of carbonyl (C=O) groups excluding carboxylic acids is 2. The Morgan fingerprint density at radius 3 is 2.61 bits per heavy atom. The van der Waals surface area contributed by atoms with Crippen LogP contribution in [0.15, 0.2) is 10.6 Å². The first-order valence-corrected chi connectivity index (χ1v) is 6.60. The number of halogens is 1. The van der Waals surface area contributed by atoms with Gasteiger partial charge in [0.1, 0.15) is 0 Å². The third kappa shape index (κ3) is 4.42. The monoisotopic (exact) mass is 274 g/mol. The molecule has 18 heavy (non-hydrogen) atoms. The van der Waals surface area contributed by atoms with E-state index in [-0.39, 0.29) is 18.2 Å². The summed E-state index contributed by atoms with van der Waals surface area (Å²) in [5, 5.41) is 9.72. The molecule has 0 aromatic carbocycles. The number of Topliss-reactive ketones (excluding diaryl/α,β-unsaturated/α-hetero) is 1. The zero-order chi connectivity index (χ0) is 13.5. The molecule has 0 amide bonds. The van der Waals surface area contributed by atoms with Gasteiger partial charge in [0.15, 0.2) is 5.78 Å². The highest BCUT2D eigenvalue weighted by Gasteiger charge is 2.28. The molecule has 4 nitrogen and oxygen atoms in total. The van der Waals surface area contributed by atoms with Crippen molar-refractivity contribution in [3.63, 3.8) is 0 Å². The van der Waals surface area contributed by atoms with Crippen LogP contribution in [0.3, 0.4) is 0 Å². The summed E-state index contributed by atoms with van der Waals surface area (Å²) in [4.78, 5) is 22.3. The van der Waals surface area contributed by atoms with E-state index in [1.807, 2.05) is 0 Å². The van der Waals surface area contributed by atoms with Crippen molar-refractivity contribution in [1.82, 2.24) is 0 Å². The van der Waals surface area contributed by atoms with Gasteiger partial charge in [0.2, 0.25) is 0 Å². The van der Waals surface area contributed by atoms with Gasteiger partial charge in [0.25, 0.3) is 0 Å². The molecule has 0 bridgehead atoms. The Bertz CT molecular complexity index is 349. The maximum atomic E-state index is 11.5. The summed E-state index contributed by atoms with van der Waals surface area (Å²) < 4.78 is 4.54. The second kappa shape index (κ2) is 7.54. The van der Waals surface area contributed by atoms with E-state index in [1.54, 1.807) is 0 Å². The first kappa shape index (κ1) is 15.2. The zero-order valence-electron chi connectivity index (χ0n) is 10.6. The fourth-order valence-electron chi connectivity index (χ4n) is 2.01. The molecule has 0 aliphatic heterocycles. The van der Waals surface area contributed by atoms with E-state index < -0.39 is 6.10 Å². The third-order valence-electron chi connectivity index (χ3n) is 3.08. The summed E-state index contributed by atoms with van der Waals surface area (Å²) in [6.45, 7) is 0. The number of rotatable bonds is 7. The van der Waals surface area contributed by atoms with Crippen molar-refractivity contribution in [1.29, 1.82) is 0 Å². The SMILES string of the molecule is COC(=O)CCCCCCC1=C(Cl)C(O)CC1=O. The zero-order valence-corrected chi connectivity index (χ0v) is 11.3. The fraction of sp³-hybridized carbons (Fsp3) is 0.692. The lowest BCUT2D eigenvalue weighted by atomic mass is 10.0. The summed E-state index contributed by atoms with van der Waals surface area (Å²) in [6.07, 6.45) is 3.90. The van der Waals surface area contributed by atoms with Crippen molar-refractivity contribution in [3.05, 3.63) is 10.6 Å². The predicted octanol–water partition coefficient (Wildman–Crippen LogP) is 2.33. The molecule has 0 spiro atoms. The highest BCUT2D eigenvalue weighted by Crippen LogP contribution is 2.30. The lowest BCUT2D eigenvalue weighted by molar-refractivity contribution is -0.140. The topological polar surface area (TPSA) is 63.6 Å². The number of ether oxygens (including phenoxy) is 1. The van der Waals surface area contributed by atoms with Gasteiger partial charge in [0, 0.05) is 18.4 Å². The minimum Gasteiger partial charge on any atom is -0.469 e. The van der Waals surface area contributed by atoms with E-state index in [1.165, 1.54) is 7.11 Å². The first-order valence-electron chi connectivity index (χ1n) is 6.23. The van der Waals surface area contributed by atoms with E-state index in [0.29, 0.717) is 23.4 Å². The number of hydrogen-bond donors (Lipinski definition) is 1. The van der Waals surface area contributed by atoms with Crippen LogP contribution in [0.5, 0.6) is 0 Å². The molecule has 1 atom stereocenters. The van der Waals surface area contributed by atoms with Crippen molar-refractivity contribution in [3.8, 4) is 0 Å². The summed E-state index contributed by atoms with van der Waals surface area (Å²) in [5.41, 5.74) is 0.581. The lowest BCUT2D eigenvalue weighted by Crippen LogP contribution is -2.02. The van der Waals surface area contributed by atoms with Gasteiger partial charge in [-0.3, -0.25) is 9.59 Å².